The smallest absolute Gasteiger partial charge is 0.343 e. The van der Waals surface area contributed by atoms with E-state index in [-0.39, 0.29) is 17.2 Å². The number of aromatic nitrogens is 1. The van der Waals surface area contributed by atoms with Crippen molar-refractivity contribution in [1.29, 1.82) is 5.41 Å². The minimum atomic E-state index is -0.543. The second-order valence-electron chi connectivity index (χ2n) is 7.83. The maximum Gasteiger partial charge on any atom is 0.343 e. The highest BCUT2D eigenvalue weighted by molar-refractivity contribution is 8.27. The number of aliphatic imine (C=N–C) groups is 1. The van der Waals surface area contributed by atoms with Gasteiger partial charge >= 0.3 is 5.97 Å². The molecular formula is C26H19N5O4S. The largest absolute Gasteiger partial charge is 0.493 e. The van der Waals surface area contributed by atoms with Gasteiger partial charge in [0.1, 0.15) is 5.04 Å². The monoisotopic (exact) mass is 497 g/mol. The molecule has 10 heteroatoms. The standard InChI is InChI=1S/C26H19N5O4S/c1-15-3-6-18(7-4-15)25(33)35-20-8-5-16(14-21(20)34-2)13-19-22(27)31-26(29-23(19)32)36-24(30-31)17-9-11-28-12-10-17/h3-14,27H,1-2H3/b19-13+,27-22?. The van der Waals surface area contributed by atoms with Crippen LogP contribution >= 0.6 is 11.8 Å². The van der Waals surface area contributed by atoms with E-state index in [1.54, 1.807) is 54.9 Å². The van der Waals surface area contributed by atoms with Crippen molar-refractivity contribution in [2.45, 2.75) is 6.92 Å². The Bertz CT molecular complexity index is 1480. The van der Waals surface area contributed by atoms with Crippen LogP contribution in [0.5, 0.6) is 11.5 Å². The molecule has 5 rings (SSSR count). The SMILES string of the molecule is COc1cc(/C=C2\C(=N)N3N=C(c4ccncc4)SC3=NC2=O)ccc1OC(=O)c1ccc(C)cc1. The van der Waals surface area contributed by atoms with Crippen LogP contribution in [-0.2, 0) is 4.79 Å². The number of ether oxygens (including phenoxy) is 2. The molecule has 1 aromatic heterocycles. The van der Waals surface area contributed by atoms with Crippen molar-refractivity contribution in [2.24, 2.45) is 10.1 Å². The topological polar surface area (TPSA) is 117 Å². The van der Waals surface area contributed by atoms with Gasteiger partial charge in [-0.3, -0.25) is 15.2 Å². The first kappa shape index (κ1) is 23.2. The third-order valence-electron chi connectivity index (χ3n) is 5.37. The first-order valence-electron chi connectivity index (χ1n) is 10.8. The Kier molecular flexibility index (Phi) is 6.17. The van der Waals surface area contributed by atoms with Crippen LogP contribution in [0, 0.1) is 12.3 Å². The van der Waals surface area contributed by atoms with Crippen molar-refractivity contribution in [2.75, 3.05) is 7.11 Å². The number of esters is 1. The minimum Gasteiger partial charge on any atom is -0.493 e. The van der Waals surface area contributed by atoms with Gasteiger partial charge in [-0.15, -0.1) is 0 Å². The number of rotatable bonds is 5. The number of pyridine rings is 1. The van der Waals surface area contributed by atoms with E-state index in [9.17, 15) is 9.59 Å². The summed E-state index contributed by atoms with van der Waals surface area (Å²) in [5, 5.41) is 15.3. The molecule has 2 aliphatic rings. The molecule has 3 heterocycles. The van der Waals surface area contributed by atoms with E-state index in [2.05, 4.69) is 15.1 Å². The van der Waals surface area contributed by atoms with Crippen molar-refractivity contribution in [3.8, 4) is 11.5 Å². The van der Waals surface area contributed by atoms with Crippen molar-refractivity contribution in [3.63, 3.8) is 0 Å². The summed E-state index contributed by atoms with van der Waals surface area (Å²) >= 11 is 1.22. The molecule has 0 spiro atoms. The van der Waals surface area contributed by atoms with Crippen molar-refractivity contribution in [1.82, 2.24) is 9.99 Å². The summed E-state index contributed by atoms with van der Waals surface area (Å²) in [7, 11) is 1.46. The molecule has 1 amide bonds. The molecule has 0 aliphatic carbocycles. The van der Waals surface area contributed by atoms with Crippen LogP contribution in [0.4, 0.5) is 0 Å². The lowest BCUT2D eigenvalue weighted by molar-refractivity contribution is -0.114. The lowest BCUT2D eigenvalue weighted by Crippen LogP contribution is -2.35. The summed E-state index contributed by atoms with van der Waals surface area (Å²) in [5.74, 6) is -0.606. The van der Waals surface area contributed by atoms with Crippen LogP contribution in [0.2, 0.25) is 0 Å². The zero-order chi connectivity index (χ0) is 25.2. The summed E-state index contributed by atoms with van der Waals surface area (Å²) in [6, 6.07) is 15.5. The Balaban J connectivity index is 1.39. The number of carbonyl (C=O) groups is 2. The zero-order valence-electron chi connectivity index (χ0n) is 19.3. The molecule has 3 aromatic rings. The number of carbonyl (C=O) groups excluding carboxylic acids is 2. The van der Waals surface area contributed by atoms with Crippen LogP contribution in [0.1, 0.15) is 27.0 Å². The molecular weight excluding hydrogens is 478 g/mol. The number of nitrogens with one attached hydrogen (secondary N) is 1. The molecule has 36 heavy (non-hydrogen) atoms. The van der Waals surface area contributed by atoms with E-state index in [1.807, 2.05) is 19.1 Å². The third-order valence-corrected chi connectivity index (χ3v) is 6.33. The van der Waals surface area contributed by atoms with E-state index in [1.165, 1.54) is 30.0 Å². The number of nitrogens with zero attached hydrogens (tertiary/aromatic N) is 4. The van der Waals surface area contributed by atoms with Crippen molar-refractivity contribution in [3.05, 3.63) is 94.8 Å². The summed E-state index contributed by atoms with van der Waals surface area (Å²) in [4.78, 5) is 33.4. The molecule has 178 valence electrons. The molecule has 0 saturated heterocycles. The molecule has 2 aliphatic heterocycles. The Hall–Kier alpha value is -4.57. The average molecular weight is 498 g/mol. The van der Waals surface area contributed by atoms with E-state index in [0.717, 1.165) is 11.1 Å². The molecule has 9 nitrogen and oxygen atoms in total. The zero-order valence-corrected chi connectivity index (χ0v) is 20.1. The number of thioether (sulfide) groups is 1. The van der Waals surface area contributed by atoms with Gasteiger partial charge in [0.15, 0.2) is 17.3 Å². The second-order valence-corrected chi connectivity index (χ2v) is 8.78. The fourth-order valence-corrected chi connectivity index (χ4v) is 4.37. The number of fused-ring (bicyclic) bond motifs is 1. The molecule has 1 N–H and O–H groups in total. The quantitative estimate of drug-likeness (QED) is 0.317. The first-order valence-corrected chi connectivity index (χ1v) is 11.6. The normalized spacial score (nSPS) is 15.9. The molecule has 0 bridgehead atoms. The number of hydrazone groups is 1. The van der Waals surface area contributed by atoms with Gasteiger partial charge in [0.2, 0.25) is 5.17 Å². The van der Waals surface area contributed by atoms with E-state index in [4.69, 9.17) is 14.9 Å². The molecule has 0 fully saturated rings. The fourth-order valence-electron chi connectivity index (χ4n) is 3.48. The van der Waals surface area contributed by atoms with Gasteiger partial charge < -0.3 is 9.47 Å². The molecule has 0 radical (unpaired) electrons. The van der Waals surface area contributed by atoms with Crippen LogP contribution in [-0.4, -0.2) is 45.0 Å². The lowest BCUT2D eigenvalue weighted by atomic mass is 10.1. The van der Waals surface area contributed by atoms with Gasteiger partial charge in [-0.2, -0.15) is 15.1 Å². The summed E-state index contributed by atoms with van der Waals surface area (Å²) in [6.45, 7) is 1.93. The highest BCUT2D eigenvalue weighted by Crippen LogP contribution is 2.33. The molecule has 2 aromatic carbocycles. The van der Waals surface area contributed by atoms with Crippen molar-refractivity contribution < 1.29 is 19.1 Å². The molecule has 0 atom stereocenters. The van der Waals surface area contributed by atoms with Crippen LogP contribution in [0.15, 0.2) is 82.7 Å². The fraction of sp³-hybridized carbons (Fsp3) is 0.0769. The maximum atomic E-state index is 12.7. The number of hydrogen-bond donors (Lipinski definition) is 1. The number of amidine groups is 2. The van der Waals surface area contributed by atoms with Crippen LogP contribution in [0.3, 0.4) is 0 Å². The van der Waals surface area contributed by atoms with Gasteiger partial charge in [0.05, 0.1) is 18.2 Å². The summed E-state index contributed by atoms with van der Waals surface area (Å²) in [5.41, 5.74) is 2.91. The highest BCUT2D eigenvalue weighted by Gasteiger charge is 2.36. The summed E-state index contributed by atoms with van der Waals surface area (Å²) < 4.78 is 10.9. The van der Waals surface area contributed by atoms with Gasteiger partial charge in [-0.25, -0.2) is 4.79 Å². The lowest BCUT2D eigenvalue weighted by Gasteiger charge is -2.20. The first-order chi connectivity index (χ1) is 17.4. The predicted molar refractivity (Wildman–Crippen MR) is 137 cm³/mol. The third kappa shape index (κ3) is 4.53. The second kappa shape index (κ2) is 9.59. The summed E-state index contributed by atoms with van der Waals surface area (Å²) in [6.07, 6.45) is 4.83. The number of methoxy groups -OCH3 is 1. The van der Waals surface area contributed by atoms with Crippen LogP contribution < -0.4 is 9.47 Å². The van der Waals surface area contributed by atoms with Gasteiger partial charge in [-0.05, 0) is 66.7 Å². The molecule has 0 saturated carbocycles. The number of amides is 1. The Morgan fingerprint density at radius 1 is 1.06 bits per heavy atom. The Morgan fingerprint density at radius 2 is 1.81 bits per heavy atom. The predicted octanol–water partition coefficient (Wildman–Crippen LogP) is 4.29. The Labute approximate surface area is 210 Å². The van der Waals surface area contributed by atoms with E-state index in [0.29, 0.717) is 27.1 Å². The molecule has 0 unspecified atom stereocenters. The van der Waals surface area contributed by atoms with Gasteiger partial charge in [0, 0.05) is 18.0 Å². The van der Waals surface area contributed by atoms with Crippen LogP contribution in [0.25, 0.3) is 6.08 Å². The minimum absolute atomic E-state index is 0.0746. The number of aryl methyl sites for hydroxylation is 1. The van der Waals surface area contributed by atoms with Crippen molar-refractivity contribution >= 4 is 45.8 Å². The van der Waals surface area contributed by atoms with E-state index < -0.39 is 11.9 Å². The average Bonchev–Trinajstić information content (AvgIpc) is 3.32. The van der Waals surface area contributed by atoms with Gasteiger partial charge in [-0.1, -0.05) is 23.8 Å². The number of hydrogen-bond acceptors (Lipinski definition) is 8. The Morgan fingerprint density at radius 3 is 2.53 bits per heavy atom. The number of benzene rings is 2. The maximum absolute atomic E-state index is 12.7. The van der Waals surface area contributed by atoms with E-state index >= 15 is 0 Å². The highest BCUT2D eigenvalue weighted by atomic mass is 32.2. The van der Waals surface area contributed by atoms with Gasteiger partial charge in [0.25, 0.3) is 5.91 Å².